The van der Waals surface area contributed by atoms with Crippen molar-refractivity contribution < 1.29 is 0 Å². The quantitative estimate of drug-likeness (QED) is 0.597. The number of rotatable bonds is 2. The third-order valence-electron chi connectivity index (χ3n) is 1.18. The van der Waals surface area contributed by atoms with Crippen molar-refractivity contribution in [3.63, 3.8) is 0 Å². The topological polar surface area (TPSA) is 15.8 Å². The molecule has 0 aliphatic carbocycles. The minimum atomic E-state index is 1.17. The maximum atomic E-state index is 3.14. The van der Waals surface area contributed by atoms with Crippen molar-refractivity contribution >= 4 is 0 Å². The van der Waals surface area contributed by atoms with Gasteiger partial charge in [0.2, 0.25) is 0 Å². The molecule has 8 heavy (non-hydrogen) atoms. The van der Waals surface area contributed by atoms with Crippen molar-refractivity contribution in [1.82, 2.24) is 4.98 Å². The van der Waals surface area contributed by atoms with Crippen LogP contribution in [-0.4, -0.2) is 4.98 Å². The molecule has 0 fully saturated rings. The van der Waals surface area contributed by atoms with Crippen molar-refractivity contribution in [2.24, 2.45) is 0 Å². The smallest absolute Gasteiger partial charge is 0.0147 e. The van der Waals surface area contributed by atoms with Gasteiger partial charge in [0.05, 0.1) is 0 Å². The molecule has 0 aliphatic heterocycles. The van der Waals surface area contributed by atoms with Gasteiger partial charge in [0.25, 0.3) is 0 Å². The predicted octanol–water partition coefficient (Wildman–Crippen LogP) is 1.97. The molecule has 1 nitrogen and oxygen atoms in total. The summed E-state index contributed by atoms with van der Waals surface area (Å²) in [5, 5.41) is 0. The number of hydrogen-bond donors (Lipinski definition) is 1. The lowest BCUT2D eigenvalue weighted by Crippen LogP contribution is -1.78. The first-order chi connectivity index (χ1) is 3.93. The molecule has 0 radical (unpaired) electrons. The summed E-state index contributed by atoms with van der Waals surface area (Å²) in [5.41, 5.74) is 1.34. The standard InChI is InChI=1S/C7H11N/c1-2-4-7-5-3-6-8-7/h3,5-6,8H,2,4H2,1H3. The van der Waals surface area contributed by atoms with Gasteiger partial charge in [-0.3, -0.25) is 0 Å². The van der Waals surface area contributed by atoms with Crippen molar-refractivity contribution in [3.05, 3.63) is 24.0 Å². The van der Waals surface area contributed by atoms with Gasteiger partial charge in [-0.25, -0.2) is 0 Å². The normalized spacial score (nSPS) is 9.62. The molecule has 0 bridgehead atoms. The van der Waals surface area contributed by atoms with E-state index in [9.17, 15) is 0 Å². The van der Waals surface area contributed by atoms with Crippen LogP contribution in [0.4, 0.5) is 0 Å². The summed E-state index contributed by atoms with van der Waals surface area (Å²) in [6, 6.07) is 4.15. The second-order valence-electron chi connectivity index (χ2n) is 1.95. The molecule has 0 spiro atoms. The predicted molar refractivity (Wildman–Crippen MR) is 34.8 cm³/mol. The first kappa shape index (κ1) is 5.42. The van der Waals surface area contributed by atoms with Gasteiger partial charge in [0.1, 0.15) is 0 Å². The Morgan fingerprint density at radius 3 is 3.00 bits per heavy atom. The molecule has 1 N–H and O–H groups in total. The van der Waals surface area contributed by atoms with Crippen LogP contribution in [0.2, 0.25) is 0 Å². The molecule has 0 saturated carbocycles. The van der Waals surface area contributed by atoms with E-state index in [-0.39, 0.29) is 0 Å². The van der Waals surface area contributed by atoms with Crippen molar-refractivity contribution in [1.29, 1.82) is 0 Å². The molecule has 0 unspecified atom stereocenters. The van der Waals surface area contributed by atoms with Crippen molar-refractivity contribution in [2.45, 2.75) is 19.8 Å². The maximum Gasteiger partial charge on any atom is 0.0147 e. The Kier molecular flexibility index (Phi) is 1.73. The van der Waals surface area contributed by atoms with Crippen LogP contribution in [0.3, 0.4) is 0 Å². The van der Waals surface area contributed by atoms with E-state index in [0.29, 0.717) is 0 Å². The lowest BCUT2D eigenvalue weighted by molar-refractivity contribution is 0.892. The Hall–Kier alpha value is -0.720. The van der Waals surface area contributed by atoms with Gasteiger partial charge in [-0.2, -0.15) is 0 Å². The zero-order chi connectivity index (χ0) is 5.82. The van der Waals surface area contributed by atoms with Crippen LogP contribution in [0.5, 0.6) is 0 Å². The van der Waals surface area contributed by atoms with Crippen molar-refractivity contribution in [2.75, 3.05) is 0 Å². The summed E-state index contributed by atoms with van der Waals surface area (Å²) >= 11 is 0. The van der Waals surface area contributed by atoms with Crippen LogP contribution in [0.15, 0.2) is 18.3 Å². The summed E-state index contributed by atoms with van der Waals surface area (Å²) < 4.78 is 0. The van der Waals surface area contributed by atoms with Crippen LogP contribution in [0.1, 0.15) is 19.0 Å². The Morgan fingerprint density at radius 2 is 2.50 bits per heavy atom. The van der Waals surface area contributed by atoms with Crippen LogP contribution in [-0.2, 0) is 6.42 Å². The maximum absolute atomic E-state index is 3.14. The van der Waals surface area contributed by atoms with E-state index in [0.717, 1.165) is 0 Å². The fourth-order valence-electron chi connectivity index (χ4n) is 0.792. The number of nitrogens with one attached hydrogen (secondary N) is 1. The Labute approximate surface area is 49.7 Å². The monoisotopic (exact) mass is 109 g/mol. The zero-order valence-electron chi connectivity index (χ0n) is 5.15. The lowest BCUT2D eigenvalue weighted by Gasteiger charge is -1.87. The molecule has 1 heterocycles. The highest BCUT2D eigenvalue weighted by molar-refractivity contribution is 5.02. The minimum absolute atomic E-state index is 1.17. The number of aromatic nitrogens is 1. The highest BCUT2D eigenvalue weighted by atomic mass is 14.7. The number of aromatic amines is 1. The van der Waals surface area contributed by atoms with Gasteiger partial charge in [0, 0.05) is 11.9 Å². The first-order valence-corrected chi connectivity index (χ1v) is 3.05. The van der Waals surface area contributed by atoms with E-state index < -0.39 is 0 Å². The Bertz CT molecular complexity index is 130. The molecule has 0 saturated heterocycles. The van der Waals surface area contributed by atoms with Crippen molar-refractivity contribution in [3.8, 4) is 0 Å². The number of aryl methyl sites for hydroxylation is 1. The second kappa shape index (κ2) is 2.55. The van der Waals surface area contributed by atoms with Gasteiger partial charge in [0.15, 0.2) is 0 Å². The summed E-state index contributed by atoms with van der Waals surface area (Å²) in [6.07, 6.45) is 4.36. The molecule has 0 aliphatic rings. The molecule has 1 heteroatoms. The minimum Gasteiger partial charge on any atom is -0.365 e. The van der Waals surface area contributed by atoms with E-state index in [4.69, 9.17) is 0 Å². The summed E-state index contributed by atoms with van der Waals surface area (Å²) in [5.74, 6) is 0. The van der Waals surface area contributed by atoms with Crippen LogP contribution >= 0.6 is 0 Å². The van der Waals surface area contributed by atoms with E-state index >= 15 is 0 Å². The van der Waals surface area contributed by atoms with Gasteiger partial charge in [-0.05, 0) is 18.6 Å². The fourth-order valence-corrected chi connectivity index (χ4v) is 0.792. The molecule has 1 aromatic rings. The van der Waals surface area contributed by atoms with Crippen LogP contribution in [0.25, 0.3) is 0 Å². The van der Waals surface area contributed by atoms with E-state index in [1.165, 1.54) is 18.5 Å². The molecular weight excluding hydrogens is 98.1 g/mol. The summed E-state index contributed by atoms with van der Waals surface area (Å²) in [4.78, 5) is 3.14. The molecule has 1 aromatic heterocycles. The van der Waals surface area contributed by atoms with Crippen LogP contribution < -0.4 is 0 Å². The van der Waals surface area contributed by atoms with Gasteiger partial charge < -0.3 is 4.98 Å². The third-order valence-corrected chi connectivity index (χ3v) is 1.18. The number of H-pyrrole nitrogens is 1. The largest absolute Gasteiger partial charge is 0.365 e. The molecular formula is C7H11N. The highest BCUT2D eigenvalue weighted by Gasteiger charge is 1.85. The molecule has 0 aromatic carbocycles. The average molecular weight is 109 g/mol. The van der Waals surface area contributed by atoms with Gasteiger partial charge in [-0.15, -0.1) is 0 Å². The second-order valence-corrected chi connectivity index (χ2v) is 1.95. The number of hydrogen-bond acceptors (Lipinski definition) is 0. The van der Waals surface area contributed by atoms with Gasteiger partial charge in [-0.1, -0.05) is 13.3 Å². The van der Waals surface area contributed by atoms with E-state index in [2.05, 4.69) is 18.0 Å². The SMILES string of the molecule is CCCc1ccc[nH]1. The summed E-state index contributed by atoms with van der Waals surface area (Å²) in [7, 11) is 0. The van der Waals surface area contributed by atoms with Gasteiger partial charge >= 0.3 is 0 Å². The highest BCUT2D eigenvalue weighted by Crippen LogP contribution is 1.96. The first-order valence-electron chi connectivity index (χ1n) is 3.05. The van der Waals surface area contributed by atoms with E-state index in [1.807, 2.05) is 12.3 Å². The molecule has 1 rings (SSSR count). The Morgan fingerprint density at radius 1 is 1.62 bits per heavy atom. The van der Waals surface area contributed by atoms with E-state index in [1.54, 1.807) is 0 Å². The van der Waals surface area contributed by atoms with Crippen LogP contribution in [0, 0.1) is 0 Å². The molecule has 0 amide bonds. The Balaban J connectivity index is 2.50. The molecule has 44 valence electrons. The average Bonchev–Trinajstić information content (AvgIpc) is 2.19. The molecule has 0 atom stereocenters. The lowest BCUT2D eigenvalue weighted by atomic mass is 10.3. The fraction of sp³-hybridized carbons (Fsp3) is 0.429. The third kappa shape index (κ3) is 1.12. The summed E-state index contributed by atoms with van der Waals surface area (Å²) in [6.45, 7) is 2.18. The zero-order valence-corrected chi connectivity index (χ0v) is 5.15.